The molecule has 0 fully saturated rings. The largest absolute Gasteiger partial charge is 0.497 e. The molecule has 0 bridgehead atoms. The molecule has 1 aromatic rings. The smallest absolute Gasteiger partial charge is 0.119 e. The summed E-state index contributed by atoms with van der Waals surface area (Å²) in [4.78, 5) is 0. The predicted molar refractivity (Wildman–Crippen MR) is 59.1 cm³/mol. The zero-order valence-corrected chi connectivity index (χ0v) is 9.02. The number of aliphatic hydroxyl groups is 2. The van der Waals surface area contributed by atoms with Gasteiger partial charge in [0, 0.05) is 13.2 Å². The molecule has 2 N–H and O–H groups in total. The Hall–Kier alpha value is -1.06. The molecule has 0 aromatic heterocycles. The van der Waals surface area contributed by atoms with E-state index in [4.69, 9.17) is 14.9 Å². The van der Waals surface area contributed by atoms with E-state index in [-0.39, 0.29) is 19.1 Å². The summed E-state index contributed by atoms with van der Waals surface area (Å²) in [5.41, 5.74) is 1.11. The molecule has 0 saturated carbocycles. The van der Waals surface area contributed by atoms with Crippen LogP contribution < -0.4 is 4.74 Å². The Bertz CT molecular complexity index is 280. The van der Waals surface area contributed by atoms with E-state index in [1.54, 1.807) is 7.11 Å². The lowest BCUT2D eigenvalue weighted by molar-refractivity contribution is 0.241. The minimum absolute atomic E-state index is 0.141. The first-order valence-corrected chi connectivity index (χ1v) is 5.17. The van der Waals surface area contributed by atoms with E-state index in [1.165, 1.54) is 0 Å². The Morgan fingerprint density at radius 1 is 1.20 bits per heavy atom. The standard InChI is InChI=1S/C12H18O3/c1-15-12-4-2-3-11(9-12)10(5-7-13)6-8-14/h2-4,9-10,13-14H,5-8H2,1H3. The highest BCUT2D eigenvalue weighted by atomic mass is 16.5. The topological polar surface area (TPSA) is 49.7 Å². The quantitative estimate of drug-likeness (QED) is 0.749. The third-order valence-corrected chi connectivity index (χ3v) is 2.52. The molecule has 3 heteroatoms. The molecule has 0 spiro atoms. The van der Waals surface area contributed by atoms with Crippen LogP contribution in [0.15, 0.2) is 24.3 Å². The molecule has 0 amide bonds. The molecule has 0 unspecified atom stereocenters. The maximum atomic E-state index is 8.94. The van der Waals surface area contributed by atoms with Crippen LogP contribution in [0.4, 0.5) is 0 Å². The number of benzene rings is 1. The van der Waals surface area contributed by atoms with Crippen molar-refractivity contribution >= 4 is 0 Å². The Morgan fingerprint density at radius 2 is 1.87 bits per heavy atom. The van der Waals surface area contributed by atoms with E-state index in [0.717, 1.165) is 11.3 Å². The lowest BCUT2D eigenvalue weighted by Crippen LogP contribution is -2.04. The molecule has 0 radical (unpaired) electrons. The van der Waals surface area contributed by atoms with Crippen LogP contribution in [-0.4, -0.2) is 30.5 Å². The van der Waals surface area contributed by atoms with Crippen LogP contribution in [0.2, 0.25) is 0 Å². The molecule has 0 aliphatic rings. The van der Waals surface area contributed by atoms with Gasteiger partial charge in [-0.25, -0.2) is 0 Å². The summed E-state index contributed by atoms with van der Waals surface area (Å²) in [6, 6.07) is 7.77. The van der Waals surface area contributed by atoms with E-state index >= 15 is 0 Å². The second-order valence-corrected chi connectivity index (χ2v) is 3.50. The molecule has 0 heterocycles. The van der Waals surface area contributed by atoms with Gasteiger partial charge < -0.3 is 14.9 Å². The number of rotatable bonds is 6. The summed E-state index contributed by atoms with van der Waals surface area (Å²) in [6.45, 7) is 0.282. The van der Waals surface area contributed by atoms with Gasteiger partial charge in [0.1, 0.15) is 5.75 Å². The average molecular weight is 210 g/mol. The fourth-order valence-corrected chi connectivity index (χ4v) is 1.68. The van der Waals surface area contributed by atoms with Gasteiger partial charge in [-0.2, -0.15) is 0 Å². The number of methoxy groups -OCH3 is 1. The number of hydrogen-bond donors (Lipinski definition) is 2. The van der Waals surface area contributed by atoms with Crippen LogP contribution in [0.1, 0.15) is 24.3 Å². The Kier molecular flexibility index (Phi) is 5.15. The van der Waals surface area contributed by atoms with Crippen molar-refractivity contribution in [3.63, 3.8) is 0 Å². The van der Waals surface area contributed by atoms with E-state index in [2.05, 4.69) is 0 Å². The second-order valence-electron chi connectivity index (χ2n) is 3.50. The molecule has 1 aromatic carbocycles. The molecule has 3 nitrogen and oxygen atoms in total. The van der Waals surface area contributed by atoms with E-state index in [9.17, 15) is 0 Å². The minimum Gasteiger partial charge on any atom is -0.497 e. The fraction of sp³-hybridized carbons (Fsp3) is 0.500. The van der Waals surface area contributed by atoms with E-state index in [1.807, 2.05) is 24.3 Å². The lowest BCUT2D eigenvalue weighted by Gasteiger charge is -2.15. The van der Waals surface area contributed by atoms with Crippen molar-refractivity contribution in [3.8, 4) is 5.75 Å². The van der Waals surface area contributed by atoms with Gasteiger partial charge in [-0.15, -0.1) is 0 Å². The van der Waals surface area contributed by atoms with Gasteiger partial charge >= 0.3 is 0 Å². The van der Waals surface area contributed by atoms with Gasteiger partial charge in [0.2, 0.25) is 0 Å². The van der Waals surface area contributed by atoms with Gasteiger partial charge in [-0.3, -0.25) is 0 Å². The van der Waals surface area contributed by atoms with Crippen molar-refractivity contribution in [2.24, 2.45) is 0 Å². The monoisotopic (exact) mass is 210 g/mol. The molecule has 0 saturated heterocycles. The summed E-state index contributed by atoms with van der Waals surface area (Å²) < 4.78 is 5.14. The fourth-order valence-electron chi connectivity index (χ4n) is 1.68. The highest BCUT2D eigenvalue weighted by Gasteiger charge is 2.10. The lowest BCUT2D eigenvalue weighted by atomic mass is 9.93. The molecule has 0 aliphatic carbocycles. The van der Waals surface area contributed by atoms with Crippen LogP contribution in [0.3, 0.4) is 0 Å². The van der Waals surface area contributed by atoms with Crippen molar-refractivity contribution in [1.29, 1.82) is 0 Å². The van der Waals surface area contributed by atoms with Crippen LogP contribution >= 0.6 is 0 Å². The highest BCUT2D eigenvalue weighted by molar-refractivity contribution is 5.30. The van der Waals surface area contributed by atoms with Crippen LogP contribution in [-0.2, 0) is 0 Å². The first kappa shape index (κ1) is 12.0. The number of aliphatic hydroxyl groups excluding tert-OH is 2. The summed E-state index contributed by atoms with van der Waals surface area (Å²) >= 11 is 0. The Balaban J connectivity index is 2.79. The van der Waals surface area contributed by atoms with Crippen molar-refractivity contribution < 1.29 is 14.9 Å². The van der Waals surface area contributed by atoms with E-state index in [0.29, 0.717) is 12.8 Å². The Morgan fingerprint density at radius 3 is 2.40 bits per heavy atom. The van der Waals surface area contributed by atoms with Gasteiger partial charge in [-0.05, 0) is 36.5 Å². The summed E-state index contributed by atoms with van der Waals surface area (Å²) in [5, 5.41) is 17.9. The van der Waals surface area contributed by atoms with Gasteiger partial charge in [-0.1, -0.05) is 12.1 Å². The number of ether oxygens (including phenoxy) is 1. The average Bonchev–Trinajstić information content (AvgIpc) is 2.29. The van der Waals surface area contributed by atoms with Crippen molar-refractivity contribution in [3.05, 3.63) is 29.8 Å². The highest BCUT2D eigenvalue weighted by Crippen LogP contribution is 2.25. The van der Waals surface area contributed by atoms with Crippen molar-refractivity contribution in [2.75, 3.05) is 20.3 Å². The zero-order valence-electron chi connectivity index (χ0n) is 9.02. The Labute approximate surface area is 90.3 Å². The SMILES string of the molecule is COc1cccc(C(CCO)CCO)c1. The molecular weight excluding hydrogens is 192 g/mol. The predicted octanol–water partition coefficient (Wildman–Crippen LogP) is 1.54. The second kappa shape index (κ2) is 6.43. The minimum atomic E-state index is 0.141. The molecule has 1 rings (SSSR count). The van der Waals surface area contributed by atoms with Crippen LogP contribution in [0, 0.1) is 0 Å². The molecule has 0 atom stereocenters. The zero-order chi connectivity index (χ0) is 11.1. The summed E-state index contributed by atoms with van der Waals surface area (Å²) in [7, 11) is 1.63. The van der Waals surface area contributed by atoms with Gasteiger partial charge in [0.05, 0.1) is 7.11 Å². The van der Waals surface area contributed by atoms with E-state index < -0.39 is 0 Å². The van der Waals surface area contributed by atoms with Crippen molar-refractivity contribution in [2.45, 2.75) is 18.8 Å². The van der Waals surface area contributed by atoms with Crippen molar-refractivity contribution in [1.82, 2.24) is 0 Å². The summed E-state index contributed by atoms with van der Waals surface area (Å²) in [6.07, 6.45) is 1.35. The first-order chi connectivity index (χ1) is 7.31. The third kappa shape index (κ3) is 3.53. The molecule has 15 heavy (non-hydrogen) atoms. The van der Waals surface area contributed by atoms with Crippen LogP contribution in [0.5, 0.6) is 5.75 Å². The molecule has 0 aliphatic heterocycles. The normalized spacial score (nSPS) is 10.7. The maximum absolute atomic E-state index is 8.94. The third-order valence-electron chi connectivity index (χ3n) is 2.52. The van der Waals surface area contributed by atoms with Crippen LogP contribution in [0.25, 0.3) is 0 Å². The van der Waals surface area contributed by atoms with Gasteiger partial charge in [0.15, 0.2) is 0 Å². The number of hydrogen-bond acceptors (Lipinski definition) is 3. The molecule has 84 valence electrons. The summed E-state index contributed by atoms with van der Waals surface area (Å²) in [5.74, 6) is 1.02. The maximum Gasteiger partial charge on any atom is 0.119 e. The van der Waals surface area contributed by atoms with Gasteiger partial charge in [0.25, 0.3) is 0 Å². The first-order valence-electron chi connectivity index (χ1n) is 5.17. The molecular formula is C12H18O3.